The van der Waals surface area contributed by atoms with Crippen LogP contribution in [-0.2, 0) is 6.54 Å². The predicted molar refractivity (Wildman–Crippen MR) is 85.6 cm³/mol. The van der Waals surface area contributed by atoms with E-state index in [2.05, 4.69) is 70.1 Å². The van der Waals surface area contributed by atoms with Gasteiger partial charge in [-0.25, -0.2) is 5.01 Å². The molecule has 0 aromatic heterocycles. The van der Waals surface area contributed by atoms with E-state index in [4.69, 9.17) is 0 Å². The van der Waals surface area contributed by atoms with Crippen molar-refractivity contribution in [2.75, 3.05) is 18.5 Å². The maximum absolute atomic E-state index is 3.52. The highest BCUT2D eigenvalue weighted by molar-refractivity contribution is 5.53. The van der Waals surface area contributed by atoms with Gasteiger partial charge in [-0.05, 0) is 36.0 Å². The average molecular weight is 279 g/mol. The highest BCUT2D eigenvalue weighted by Gasteiger charge is 2.28. The summed E-state index contributed by atoms with van der Waals surface area (Å²) in [6, 6.07) is 19.5. The lowest BCUT2D eigenvalue weighted by molar-refractivity contribution is -0.0216. The van der Waals surface area contributed by atoms with Crippen molar-refractivity contribution >= 4 is 5.69 Å². The second kappa shape index (κ2) is 5.51. The molecule has 3 heteroatoms. The topological polar surface area (TPSA) is 18.5 Å². The molecule has 21 heavy (non-hydrogen) atoms. The van der Waals surface area contributed by atoms with Gasteiger partial charge in [-0.3, -0.25) is 0 Å². The molecule has 1 saturated heterocycles. The van der Waals surface area contributed by atoms with Gasteiger partial charge in [0.25, 0.3) is 0 Å². The summed E-state index contributed by atoms with van der Waals surface area (Å²) < 4.78 is 0. The van der Waals surface area contributed by atoms with Crippen molar-refractivity contribution < 1.29 is 0 Å². The van der Waals surface area contributed by atoms with Gasteiger partial charge in [-0.15, -0.1) is 0 Å². The molecule has 2 aliphatic rings. The van der Waals surface area contributed by atoms with Crippen molar-refractivity contribution in [3.8, 4) is 0 Å². The first-order chi connectivity index (χ1) is 10.4. The van der Waals surface area contributed by atoms with Crippen LogP contribution in [-0.4, -0.2) is 23.2 Å². The largest absolute Gasteiger partial charge is 0.305 e. The number of anilines is 1. The maximum atomic E-state index is 3.52. The van der Waals surface area contributed by atoms with Gasteiger partial charge in [-0.1, -0.05) is 48.5 Å². The van der Waals surface area contributed by atoms with Crippen molar-refractivity contribution in [1.82, 2.24) is 10.1 Å². The van der Waals surface area contributed by atoms with Crippen LogP contribution in [0.3, 0.4) is 0 Å². The van der Waals surface area contributed by atoms with E-state index in [-0.39, 0.29) is 0 Å². The maximum Gasteiger partial charge on any atom is 0.0611 e. The minimum atomic E-state index is 0.715. The number of hydrogen-bond donors (Lipinski definition) is 1. The van der Waals surface area contributed by atoms with Gasteiger partial charge in [0.15, 0.2) is 0 Å². The molecule has 2 aromatic carbocycles. The van der Waals surface area contributed by atoms with Crippen LogP contribution in [0.25, 0.3) is 0 Å². The molecule has 2 aliphatic heterocycles. The zero-order valence-electron chi connectivity index (χ0n) is 12.2. The van der Waals surface area contributed by atoms with Crippen LogP contribution >= 0.6 is 0 Å². The Morgan fingerprint density at radius 1 is 0.857 bits per heavy atom. The smallest absolute Gasteiger partial charge is 0.0611 e. The molecule has 4 rings (SSSR count). The molecule has 3 nitrogen and oxygen atoms in total. The number of fused-ring (bicyclic) bond motifs is 1. The van der Waals surface area contributed by atoms with Crippen molar-refractivity contribution in [1.29, 1.82) is 0 Å². The highest BCUT2D eigenvalue weighted by Crippen LogP contribution is 2.31. The first-order valence-electron chi connectivity index (χ1n) is 7.82. The van der Waals surface area contributed by atoms with Gasteiger partial charge < -0.3 is 5.43 Å². The van der Waals surface area contributed by atoms with Gasteiger partial charge in [0.1, 0.15) is 0 Å². The number of hydrazine groups is 2. The molecule has 1 fully saturated rings. The van der Waals surface area contributed by atoms with Crippen LogP contribution in [0.1, 0.15) is 29.9 Å². The number of nitrogens with zero attached hydrogens (tertiary/aromatic N) is 2. The highest BCUT2D eigenvalue weighted by atomic mass is 15.8. The molecule has 0 aliphatic carbocycles. The van der Waals surface area contributed by atoms with E-state index in [1.807, 2.05) is 0 Å². The molecule has 0 atom stereocenters. The third kappa shape index (κ3) is 2.55. The molecule has 0 amide bonds. The van der Waals surface area contributed by atoms with Crippen molar-refractivity contribution in [3.63, 3.8) is 0 Å². The van der Waals surface area contributed by atoms with Crippen molar-refractivity contribution in [2.45, 2.75) is 25.3 Å². The Kier molecular flexibility index (Phi) is 3.37. The molecule has 2 heterocycles. The monoisotopic (exact) mass is 279 g/mol. The Hall–Kier alpha value is -1.84. The predicted octanol–water partition coefficient (Wildman–Crippen LogP) is 3.62. The van der Waals surface area contributed by atoms with Crippen LogP contribution in [0.2, 0.25) is 0 Å². The van der Waals surface area contributed by atoms with Crippen LogP contribution in [0.4, 0.5) is 5.69 Å². The summed E-state index contributed by atoms with van der Waals surface area (Å²) in [5.41, 5.74) is 7.66. The summed E-state index contributed by atoms with van der Waals surface area (Å²) in [4.78, 5) is 0. The molecule has 0 unspecified atom stereocenters. The molecule has 108 valence electrons. The molecule has 0 saturated carbocycles. The number of para-hydroxylation sites is 1. The molecule has 0 bridgehead atoms. The van der Waals surface area contributed by atoms with Crippen LogP contribution in [0.5, 0.6) is 0 Å². The lowest BCUT2D eigenvalue weighted by Crippen LogP contribution is -2.46. The average Bonchev–Trinajstić information content (AvgIpc) is 3.00. The normalized spacial score (nSPS) is 20.2. The number of rotatable bonds is 2. The van der Waals surface area contributed by atoms with E-state index >= 15 is 0 Å². The summed E-state index contributed by atoms with van der Waals surface area (Å²) in [5, 5.41) is 4.74. The van der Waals surface area contributed by atoms with Crippen LogP contribution in [0, 0.1) is 0 Å². The van der Waals surface area contributed by atoms with Crippen molar-refractivity contribution in [2.24, 2.45) is 0 Å². The van der Waals surface area contributed by atoms with Gasteiger partial charge in [0.05, 0.1) is 12.2 Å². The van der Waals surface area contributed by atoms with Gasteiger partial charge in [0, 0.05) is 13.1 Å². The standard InChI is InChI=1S/C18H21N3/c1-2-6-15(7-3-1)16-10-12-20(13-11-16)21-14-17-8-4-5-9-18(17)19-21/h1-9,16,19H,10-14H2. The summed E-state index contributed by atoms with van der Waals surface area (Å²) in [6.07, 6.45) is 2.47. The first kappa shape index (κ1) is 12.9. The Bertz CT molecular complexity index is 578. The Labute approximate surface area is 126 Å². The third-order valence-electron chi connectivity index (χ3n) is 4.67. The lowest BCUT2D eigenvalue weighted by Gasteiger charge is -2.37. The quantitative estimate of drug-likeness (QED) is 0.905. The fourth-order valence-electron chi connectivity index (χ4n) is 3.44. The molecule has 2 aromatic rings. The van der Waals surface area contributed by atoms with E-state index in [9.17, 15) is 0 Å². The summed E-state index contributed by atoms with van der Waals surface area (Å²) >= 11 is 0. The number of hydrogen-bond acceptors (Lipinski definition) is 3. The molecule has 1 N–H and O–H groups in total. The van der Waals surface area contributed by atoms with E-state index in [1.165, 1.54) is 29.7 Å². The van der Waals surface area contributed by atoms with Gasteiger partial charge in [-0.2, -0.15) is 5.12 Å². The minimum Gasteiger partial charge on any atom is -0.305 e. The number of piperidine rings is 1. The third-order valence-corrected chi connectivity index (χ3v) is 4.67. The van der Waals surface area contributed by atoms with Gasteiger partial charge >= 0.3 is 0 Å². The fourth-order valence-corrected chi connectivity index (χ4v) is 3.44. The van der Waals surface area contributed by atoms with E-state index in [0.29, 0.717) is 5.92 Å². The van der Waals surface area contributed by atoms with Crippen LogP contribution < -0.4 is 5.43 Å². The van der Waals surface area contributed by atoms with E-state index in [0.717, 1.165) is 19.6 Å². The SMILES string of the molecule is c1ccc(C2CCN(N3Cc4ccccc4N3)CC2)cc1. The number of nitrogens with one attached hydrogen (secondary N) is 1. The van der Waals surface area contributed by atoms with E-state index < -0.39 is 0 Å². The minimum absolute atomic E-state index is 0.715. The Balaban J connectivity index is 1.39. The lowest BCUT2D eigenvalue weighted by atomic mass is 9.90. The summed E-state index contributed by atoms with van der Waals surface area (Å²) in [5.74, 6) is 0.715. The van der Waals surface area contributed by atoms with Crippen LogP contribution in [0.15, 0.2) is 54.6 Å². The summed E-state index contributed by atoms with van der Waals surface area (Å²) in [6.45, 7) is 3.23. The second-order valence-electron chi connectivity index (χ2n) is 5.97. The van der Waals surface area contributed by atoms with Crippen molar-refractivity contribution in [3.05, 3.63) is 65.7 Å². The zero-order chi connectivity index (χ0) is 14.1. The molecular formula is C18H21N3. The molecule has 0 radical (unpaired) electrons. The van der Waals surface area contributed by atoms with Gasteiger partial charge in [0.2, 0.25) is 0 Å². The van der Waals surface area contributed by atoms with E-state index in [1.54, 1.807) is 0 Å². The second-order valence-corrected chi connectivity index (χ2v) is 5.97. The zero-order valence-corrected chi connectivity index (χ0v) is 12.2. The summed E-state index contributed by atoms with van der Waals surface area (Å²) in [7, 11) is 0. The first-order valence-corrected chi connectivity index (χ1v) is 7.82. The molecule has 0 spiro atoms. The fraction of sp³-hybridized carbons (Fsp3) is 0.333. The molecular weight excluding hydrogens is 258 g/mol. The number of benzene rings is 2. The Morgan fingerprint density at radius 2 is 1.57 bits per heavy atom. The Morgan fingerprint density at radius 3 is 2.33 bits per heavy atom.